The molecule has 1 aromatic rings. The first-order valence-corrected chi connectivity index (χ1v) is 5.42. The van der Waals surface area contributed by atoms with Crippen molar-refractivity contribution in [2.75, 3.05) is 5.43 Å². The van der Waals surface area contributed by atoms with Crippen molar-refractivity contribution >= 4 is 50.5 Å². The predicted molar refractivity (Wildman–Crippen MR) is 66.4 cm³/mol. The molecule has 0 saturated heterocycles. The van der Waals surface area contributed by atoms with Gasteiger partial charge in [0.1, 0.15) is 12.1 Å². The van der Waals surface area contributed by atoms with Gasteiger partial charge >= 0.3 is 0 Å². The second-order valence-electron chi connectivity index (χ2n) is 2.54. The fourth-order valence-electron chi connectivity index (χ4n) is 0.836. The Morgan fingerprint density at radius 1 is 1.25 bits per heavy atom. The van der Waals surface area contributed by atoms with Gasteiger partial charge in [-0.25, -0.2) is 0 Å². The molecule has 7 heteroatoms. The van der Waals surface area contributed by atoms with Gasteiger partial charge in [-0.2, -0.15) is 15.6 Å². The van der Waals surface area contributed by atoms with Crippen LogP contribution in [0, 0.1) is 22.7 Å². The van der Waals surface area contributed by atoms with Crippen molar-refractivity contribution in [2.45, 2.75) is 0 Å². The van der Waals surface area contributed by atoms with Crippen LogP contribution < -0.4 is 5.43 Å². The first kappa shape index (κ1) is 12.8. The lowest BCUT2D eigenvalue weighted by Crippen LogP contribution is -1.97. The molecule has 0 spiro atoms. The Balaban J connectivity index is 3.05. The van der Waals surface area contributed by atoms with Crippen LogP contribution in [0.1, 0.15) is 0 Å². The summed E-state index contributed by atoms with van der Waals surface area (Å²) in [4.78, 5) is 0. The van der Waals surface area contributed by atoms with E-state index in [0.717, 1.165) is 4.47 Å². The zero-order chi connectivity index (χ0) is 12.1. The highest BCUT2D eigenvalue weighted by molar-refractivity contribution is 9.10. The van der Waals surface area contributed by atoms with Crippen LogP contribution in [0.4, 0.5) is 5.69 Å². The van der Waals surface area contributed by atoms with Crippen molar-refractivity contribution in [3.05, 3.63) is 26.7 Å². The summed E-state index contributed by atoms with van der Waals surface area (Å²) in [5.41, 5.74) is 2.50. The lowest BCUT2D eigenvalue weighted by atomic mass is 10.3. The summed E-state index contributed by atoms with van der Waals surface area (Å²) in [6.45, 7) is 0. The van der Waals surface area contributed by atoms with Gasteiger partial charge in [0.25, 0.3) is 0 Å². The van der Waals surface area contributed by atoms with Gasteiger partial charge in [-0.05, 0) is 12.1 Å². The normalized spacial score (nSPS) is 8.81. The molecule has 1 N–H and O–H groups in total. The van der Waals surface area contributed by atoms with Gasteiger partial charge < -0.3 is 0 Å². The van der Waals surface area contributed by atoms with Crippen molar-refractivity contribution in [2.24, 2.45) is 5.10 Å². The maximum atomic E-state index is 8.47. The largest absolute Gasteiger partial charge is 0.273 e. The van der Waals surface area contributed by atoms with E-state index in [-0.39, 0.29) is 5.71 Å². The third-order valence-electron chi connectivity index (χ3n) is 1.50. The number of anilines is 1. The lowest BCUT2D eigenvalue weighted by Gasteiger charge is -2.06. The maximum absolute atomic E-state index is 8.47. The predicted octanol–water partition coefficient (Wildman–Crippen LogP) is 3.57. The summed E-state index contributed by atoms with van der Waals surface area (Å²) >= 11 is 15.0. The SMILES string of the molecule is N#CC(C#N)=NNc1c(Cl)cc(Br)cc1Cl. The third-order valence-corrected chi connectivity index (χ3v) is 2.55. The fraction of sp³-hybridized carbons (Fsp3) is 0. The van der Waals surface area contributed by atoms with Crippen LogP contribution in [-0.2, 0) is 0 Å². The number of hydrogen-bond acceptors (Lipinski definition) is 4. The monoisotopic (exact) mass is 316 g/mol. The Morgan fingerprint density at radius 2 is 1.75 bits per heavy atom. The zero-order valence-electron chi connectivity index (χ0n) is 7.63. The van der Waals surface area contributed by atoms with E-state index in [1.807, 2.05) is 0 Å². The number of nitrogens with zero attached hydrogens (tertiary/aromatic N) is 3. The van der Waals surface area contributed by atoms with E-state index in [1.54, 1.807) is 24.3 Å². The molecule has 1 aromatic carbocycles. The molecule has 0 bridgehead atoms. The van der Waals surface area contributed by atoms with Gasteiger partial charge in [0.2, 0.25) is 5.71 Å². The Hall–Kier alpha value is -1.27. The number of benzene rings is 1. The van der Waals surface area contributed by atoms with Crippen LogP contribution in [-0.4, -0.2) is 5.71 Å². The van der Waals surface area contributed by atoms with Crippen molar-refractivity contribution in [1.29, 1.82) is 10.5 Å². The molecule has 0 aliphatic carbocycles. The topological polar surface area (TPSA) is 72.0 Å². The van der Waals surface area contributed by atoms with Crippen LogP contribution >= 0.6 is 39.1 Å². The molecule has 0 radical (unpaired) electrons. The highest BCUT2D eigenvalue weighted by Crippen LogP contribution is 2.33. The average molecular weight is 318 g/mol. The minimum absolute atomic E-state index is 0.310. The summed E-state index contributed by atoms with van der Waals surface area (Å²) < 4.78 is 0.720. The standard InChI is InChI=1S/C9H3BrCl2N4/c10-5-1-7(11)9(8(12)2-5)16-15-6(3-13)4-14/h1-2,16H. The van der Waals surface area contributed by atoms with Gasteiger partial charge in [0, 0.05) is 4.47 Å². The first-order chi connectivity index (χ1) is 7.58. The Morgan fingerprint density at radius 3 is 2.19 bits per heavy atom. The Bertz CT molecular complexity index is 488. The first-order valence-electron chi connectivity index (χ1n) is 3.87. The van der Waals surface area contributed by atoms with Crippen molar-refractivity contribution < 1.29 is 0 Å². The van der Waals surface area contributed by atoms with Crippen LogP contribution in [0.15, 0.2) is 21.7 Å². The van der Waals surface area contributed by atoms with Crippen molar-refractivity contribution in [3.8, 4) is 12.1 Å². The molecule has 0 saturated carbocycles. The number of halogens is 3. The summed E-state index contributed by atoms with van der Waals surface area (Å²) in [5, 5.41) is 21.1. The van der Waals surface area contributed by atoms with E-state index in [2.05, 4.69) is 26.5 Å². The van der Waals surface area contributed by atoms with Gasteiger partial charge in [-0.15, -0.1) is 0 Å². The van der Waals surface area contributed by atoms with Crippen molar-refractivity contribution in [3.63, 3.8) is 0 Å². The van der Waals surface area contributed by atoms with E-state index >= 15 is 0 Å². The third kappa shape index (κ3) is 3.11. The summed E-state index contributed by atoms with van der Waals surface area (Å²) in [6, 6.07) is 6.44. The molecule has 0 atom stereocenters. The Labute approximate surface area is 110 Å². The number of rotatable bonds is 2. The molecule has 0 amide bonds. The number of nitriles is 2. The lowest BCUT2D eigenvalue weighted by molar-refractivity contribution is 1.33. The molecule has 1 rings (SSSR count). The Kier molecular flexibility index (Phi) is 4.57. The van der Waals surface area contributed by atoms with E-state index in [9.17, 15) is 0 Å². The van der Waals surface area contributed by atoms with Gasteiger partial charge in [-0.1, -0.05) is 39.1 Å². The molecule has 4 nitrogen and oxygen atoms in total. The number of hydrazone groups is 1. The second kappa shape index (κ2) is 5.72. The molecule has 0 aliphatic heterocycles. The van der Waals surface area contributed by atoms with Crippen LogP contribution in [0.25, 0.3) is 0 Å². The fourth-order valence-corrected chi connectivity index (χ4v) is 2.13. The summed E-state index contributed by atoms with van der Waals surface area (Å²) in [7, 11) is 0. The quantitative estimate of drug-likeness (QED) is 0.669. The molecule has 0 fully saturated rings. The summed E-state index contributed by atoms with van der Waals surface area (Å²) in [5.74, 6) is 0. The highest BCUT2D eigenvalue weighted by Gasteiger charge is 2.07. The molecule has 16 heavy (non-hydrogen) atoms. The summed E-state index contributed by atoms with van der Waals surface area (Å²) in [6.07, 6.45) is 0. The number of hydrogen-bond donors (Lipinski definition) is 1. The minimum Gasteiger partial charge on any atom is -0.273 e. The average Bonchev–Trinajstić information content (AvgIpc) is 2.22. The molecular formula is C9H3BrCl2N4. The van der Waals surface area contributed by atoms with Crippen molar-refractivity contribution in [1.82, 2.24) is 0 Å². The van der Waals surface area contributed by atoms with Gasteiger partial charge in [0.05, 0.1) is 15.7 Å². The maximum Gasteiger partial charge on any atom is 0.237 e. The molecular weight excluding hydrogens is 315 g/mol. The molecule has 0 aliphatic rings. The van der Waals surface area contributed by atoms with E-state index in [4.69, 9.17) is 33.7 Å². The van der Waals surface area contributed by atoms with Crippen LogP contribution in [0.5, 0.6) is 0 Å². The number of nitrogens with one attached hydrogen (secondary N) is 1. The molecule has 0 heterocycles. The van der Waals surface area contributed by atoms with E-state index in [1.165, 1.54) is 0 Å². The molecule has 0 aromatic heterocycles. The van der Waals surface area contributed by atoms with E-state index < -0.39 is 0 Å². The molecule has 80 valence electrons. The molecule has 0 unspecified atom stereocenters. The van der Waals surface area contributed by atoms with Crippen LogP contribution in [0.3, 0.4) is 0 Å². The van der Waals surface area contributed by atoms with Gasteiger partial charge in [0.15, 0.2) is 0 Å². The van der Waals surface area contributed by atoms with Crippen LogP contribution in [0.2, 0.25) is 10.0 Å². The zero-order valence-corrected chi connectivity index (χ0v) is 10.7. The van der Waals surface area contributed by atoms with Gasteiger partial charge in [-0.3, -0.25) is 5.43 Å². The minimum atomic E-state index is -0.310. The van der Waals surface area contributed by atoms with E-state index in [0.29, 0.717) is 15.7 Å². The highest BCUT2D eigenvalue weighted by atomic mass is 79.9. The smallest absolute Gasteiger partial charge is 0.237 e. The second-order valence-corrected chi connectivity index (χ2v) is 4.27.